The van der Waals surface area contributed by atoms with E-state index in [0.717, 1.165) is 16.4 Å². The number of nitrogens with zero attached hydrogens (tertiary/aromatic N) is 4. The Bertz CT molecular complexity index is 1430. The minimum atomic E-state index is -4.46. The lowest BCUT2D eigenvalue weighted by Crippen LogP contribution is -2.30. The topological polar surface area (TPSA) is 85.2 Å². The number of hydrogen-bond acceptors (Lipinski definition) is 5. The molecule has 0 aliphatic rings. The van der Waals surface area contributed by atoms with Crippen LogP contribution in [0.15, 0.2) is 90.0 Å². The molecule has 4 rings (SSSR count). The van der Waals surface area contributed by atoms with Crippen molar-refractivity contribution in [3.63, 3.8) is 0 Å². The number of sulfonamides is 1. The SMILES string of the molecule is CC(=O)c1ccc(N(Cc2cn(-c3ccc(C(F)(F)F)cc3)nn2)S(=O)(=O)c2ccccc2)cc1. The summed E-state index contributed by atoms with van der Waals surface area (Å²) in [5.74, 6) is -0.159. The third-order valence-corrected chi connectivity index (χ3v) is 6.99. The van der Waals surface area contributed by atoms with Crippen LogP contribution in [0.3, 0.4) is 0 Å². The van der Waals surface area contributed by atoms with Gasteiger partial charge in [0, 0.05) is 5.56 Å². The molecule has 0 radical (unpaired) electrons. The summed E-state index contributed by atoms with van der Waals surface area (Å²) in [7, 11) is -4.02. The highest BCUT2D eigenvalue weighted by atomic mass is 32.2. The van der Waals surface area contributed by atoms with Crippen LogP contribution in [0.25, 0.3) is 5.69 Å². The van der Waals surface area contributed by atoms with Crippen molar-refractivity contribution >= 4 is 21.5 Å². The van der Waals surface area contributed by atoms with Gasteiger partial charge in [-0.15, -0.1) is 5.10 Å². The Morgan fingerprint density at radius 1 is 0.943 bits per heavy atom. The first-order valence-corrected chi connectivity index (χ1v) is 11.8. The van der Waals surface area contributed by atoms with Crippen molar-refractivity contribution in [2.45, 2.75) is 24.5 Å². The highest BCUT2D eigenvalue weighted by Crippen LogP contribution is 2.30. The second-order valence-electron chi connectivity index (χ2n) is 7.63. The molecule has 1 aromatic heterocycles. The number of Topliss-reactive ketones (excluding diaryl/α,β-unsaturated/α-hetero) is 1. The Labute approximate surface area is 199 Å². The molecular formula is C24H19F3N4O3S. The molecule has 0 fully saturated rings. The van der Waals surface area contributed by atoms with Crippen molar-refractivity contribution in [1.82, 2.24) is 15.0 Å². The maximum atomic E-state index is 13.5. The number of aromatic nitrogens is 3. The van der Waals surface area contributed by atoms with Crippen LogP contribution in [0.1, 0.15) is 28.5 Å². The lowest BCUT2D eigenvalue weighted by atomic mass is 10.1. The van der Waals surface area contributed by atoms with Crippen LogP contribution in [0.2, 0.25) is 0 Å². The van der Waals surface area contributed by atoms with Crippen LogP contribution in [-0.2, 0) is 22.7 Å². The monoisotopic (exact) mass is 500 g/mol. The van der Waals surface area contributed by atoms with E-state index in [1.165, 1.54) is 66.3 Å². The van der Waals surface area contributed by atoms with Crippen LogP contribution in [-0.4, -0.2) is 29.2 Å². The fourth-order valence-electron chi connectivity index (χ4n) is 3.34. The predicted octanol–water partition coefficient (Wildman–Crippen LogP) is 4.88. The van der Waals surface area contributed by atoms with E-state index in [0.29, 0.717) is 16.9 Å². The number of alkyl halides is 3. The second kappa shape index (κ2) is 9.34. The number of hydrogen-bond donors (Lipinski definition) is 0. The van der Waals surface area contributed by atoms with E-state index in [1.54, 1.807) is 18.2 Å². The van der Waals surface area contributed by atoms with Gasteiger partial charge in [-0.25, -0.2) is 13.1 Å². The molecule has 0 saturated carbocycles. The zero-order valence-corrected chi connectivity index (χ0v) is 19.2. The molecule has 0 N–H and O–H groups in total. The predicted molar refractivity (Wildman–Crippen MR) is 123 cm³/mol. The van der Waals surface area contributed by atoms with Crippen LogP contribution in [0.4, 0.5) is 18.9 Å². The number of ketones is 1. The highest BCUT2D eigenvalue weighted by Gasteiger charge is 2.30. The molecule has 180 valence electrons. The molecule has 3 aromatic carbocycles. The molecule has 0 unspecified atom stereocenters. The van der Waals surface area contributed by atoms with Gasteiger partial charge in [0.25, 0.3) is 10.0 Å². The normalized spacial score (nSPS) is 11.9. The van der Waals surface area contributed by atoms with E-state index in [2.05, 4.69) is 10.3 Å². The summed E-state index contributed by atoms with van der Waals surface area (Å²) in [5, 5.41) is 7.95. The van der Waals surface area contributed by atoms with Crippen molar-refractivity contribution in [2.24, 2.45) is 0 Å². The molecule has 7 nitrogen and oxygen atoms in total. The van der Waals surface area contributed by atoms with Gasteiger partial charge in [0.1, 0.15) is 5.69 Å². The van der Waals surface area contributed by atoms with Gasteiger partial charge in [0.05, 0.1) is 34.6 Å². The summed E-state index contributed by atoms with van der Waals surface area (Å²) in [5.41, 5.74) is 0.540. The van der Waals surface area contributed by atoms with Gasteiger partial charge < -0.3 is 0 Å². The van der Waals surface area contributed by atoms with Crippen molar-refractivity contribution in [2.75, 3.05) is 4.31 Å². The number of carbonyl (C=O) groups is 1. The average Bonchev–Trinajstić information content (AvgIpc) is 3.31. The quantitative estimate of drug-likeness (QED) is 0.338. The van der Waals surface area contributed by atoms with E-state index >= 15 is 0 Å². The molecule has 35 heavy (non-hydrogen) atoms. The summed E-state index contributed by atoms with van der Waals surface area (Å²) in [6.07, 6.45) is -3.02. The molecule has 0 bridgehead atoms. The third-order valence-electron chi connectivity index (χ3n) is 5.20. The van der Waals surface area contributed by atoms with Crippen molar-refractivity contribution < 1.29 is 26.4 Å². The van der Waals surface area contributed by atoms with Crippen LogP contribution in [0.5, 0.6) is 0 Å². The molecule has 0 atom stereocenters. The second-order valence-corrected chi connectivity index (χ2v) is 9.49. The highest BCUT2D eigenvalue weighted by molar-refractivity contribution is 7.92. The molecule has 11 heteroatoms. The van der Waals surface area contributed by atoms with Gasteiger partial charge in [-0.05, 0) is 67.6 Å². The molecule has 4 aromatic rings. The first-order chi connectivity index (χ1) is 16.6. The lowest BCUT2D eigenvalue weighted by molar-refractivity contribution is -0.137. The summed E-state index contributed by atoms with van der Waals surface area (Å²) < 4.78 is 67.8. The Balaban J connectivity index is 1.68. The van der Waals surface area contributed by atoms with Gasteiger partial charge in [-0.1, -0.05) is 23.4 Å². The molecule has 0 amide bonds. The molecule has 0 saturated heterocycles. The Morgan fingerprint density at radius 2 is 1.57 bits per heavy atom. The average molecular weight is 501 g/mol. The van der Waals surface area contributed by atoms with Gasteiger partial charge in [-0.3, -0.25) is 9.10 Å². The smallest absolute Gasteiger partial charge is 0.295 e. The summed E-state index contributed by atoms with van der Waals surface area (Å²) in [6.45, 7) is 1.21. The first kappa shape index (κ1) is 24.1. The Morgan fingerprint density at radius 3 is 2.14 bits per heavy atom. The van der Waals surface area contributed by atoms with Gasteiger partial charge in [-0.2, -0.15) is 13.2 Å². The maximum Gasteiger partial charge on any atom is 0.416 e. The van der Waals surface area contributed by atoms with Gasteiger partial charge in [0.15, 0.2) is 5.78 Å². The zero-order chi connectivity index (χ0) is 25.2. The van der Waals surface area contributed by atoms with E-state index < -0.39 is 21.8 Å². The summed E-state index contributed by atoms with van der Waals surface area (Å²) in [4.78, 5) is 11.7. The summed E-state index contributed by atoms with van der Waals surface area (Å²) >= 11 is 0. The van der Waals surface area contributed by atoms with E-state index in [1.807, 2.05) is 0 Å². The fourth-order valence-corrected chi connectivity index (χ4v) is 4.80. The molecule has 0 aliphatic carbocycles. The van der Waals surface area contributed by atoms with Crippen LogP contribution in [0, 0.1) is 0 Å². The van der Waals surface area contributed by atoms with Gasteiger partial charge in [0.2, 0.25) is 0 Å². The molecule has 0 aliphatic heterocycles. The Hall–Kier alpha value is -3.99. The number of benzene rings is 3. The van der Waals surface area contributed by atoms with Crippen LogP contribution < -0.4 is 4.31 Å². The minimum Gasteiger partial charge on any atom is -0.295 e. The first-order valence-electron chi connectivity index (χ1n) is 10.3. The minimum absolute atomic E-state index is 0.0609. The fraction of sp³-hybridized carbons (Fsp3) is 0.125. The third kappa shape index (κ3) is 5.24. The maximum absolute atomic E-state index is 13.5. The molecular weight excluding hydrogens is 481 g/mol. The van der Waals surface area contributed by atoms with Crippen molar-refractivity contribution in [1.29, 1.82) is 0 Å². The molecule has 0 spiro atoms. The number of carbonyl (C=O) groups excluding carboxylic acids is 1. The van der Waals surface area contributed by atoms with E-state index in [4.69, 9.17) is 0 Å². The standard InChI is InChI=1S/C24H19F3N4O3S/c1-17(32)18-7-11-22(12-8-18)31(35(33,34)23-5-3-2-4-6-23)16-20-15-30(29-28-20)21-13-9-19(10-14-21)24(25,26)27/h2-15H,16H2,1H3. The lowest BCUT2D eigenvalue weighted by Gasteiger charge is -2.23. The van der Waals surface area contributed by atoms with Crippen LogP contribution >= 0.6 is 0 Å². The van der Waals surface area contributed by atoms with Crippen molar-refractivity contribution in [3.05, 3.63) is 102 Å². The summed E-state index contributed by atoms with van der Waals surface area (Å²) in [6, 6.07) is 18.3. The number of halogens is 3. The van der Waals surface area contributed by atoms with Gasteiger partial charge >= 0.3 is 6.18 Å². The number of rotatable bonds is 7. The van der Waals surface area contributed by atoms with E-state index in [-0.39, 0.29) is 22.9 Å². The largest absolute Gasteiger partial charge is 0.416 e. The number of anilines is 1. The molecule has 1 heterocycles. The van der Waals surface area contributed by atoms with Crippen molar-refractivity contribution in [3.8, 4) is 5.69 Å². The zero-order valence-electron chi connectivity index (χ0n) is 18.3. The Kier molecular flexibility index (Phi) is 6.44. The van der Waals surface area contributed by atoms with E-state index in [9.17, 15) is 26.4 Å².